The summed E-state index contributed by atoms with van der Waals surface area (Å²) in [7, 11) is -3.53. The molecule has 0 aromatic heterocycles. The Morgan fingerprint density at radius 1 is 1.11 bits per heavy atom. The number of halogens is 2. The molecule has 0 heterocycles. The predicted molar refractivity (Wildman–Crippen MR) is 145 cm³/mol. The van der Waals surface area contributed by atoms with Crippen LogP contribution in [-0.2, 0) is 16.3 Å². The Hall–Kier alpha value is -2.59. The first-order chi connectivity index (χ1) is 17.0. The second-order valence-corrected chi connectivity index (χ2v) is 12.3. The van der Waals surface area contributed by atoms with Gasteiger partial charge in [0.1, 0.15) is 13.9 Å². The van der Waals surface area contributed by atoms with Crippen LogP contribution in [0.1, 0.15) is 28.4 Å². The van der Waals surface area contributed by atoms with Crippen molar-refractivity contribution < 1.29 is 22.8 Å². The molecule has 0 spiro atoms. The van der Waals surface area contributed by atoms with Crippen LogP contribution in [0.4, 0.5) is 0 Å². The zero-order chi connectivity index (χ0) is 26.5. The summed E-state index contributed by atoms with van der Waals surface area (Å²) in [6, 6.07) is 16.3. The van der Waals surface area contributed by atoms with Crippen LogP contribution >= 0.6 is 31.4 Å². The standard InChI is InChI=1S/C26H24Cl2NO5PS/c1-17(12-18-6-4-9-22(13-18)36(3,32)33)29-26(30)25-23(27)14-19(15-24(25)28)10-11-35(31)21-8-5-7-20(16-21)34-2/h4-9,13-17,31H,12H2,1-3H3,(H,29,30). The third-order valence-electron chi connectivity index (χ3n) is 5.12. The molecule has 6 nitrogen and oxygen atoms in total. The van der Waals surface area contributed by atoms with Gasteiger partial charge in [-0.1, -0.05) is 53.4 Å². The number of hydrogen-bond acceptors (Lipinski definition) is 5. The third kappa shape index (κ3) is 7.46. The van der Waals surface area contributed by atoms with Gasteiger partial charge in [-0.15, -0.1) is 0 Å². The molecular weight excluding hydrogens is 540 g/mol. The topological polar surface area (TPSA) is 92.7 Å². The van der Waals surface area contributed by atoms with Crippen LogP contribution in [0.3, 0.4) is 0 Å². The lowest BCUT2D eigenvalue weighted by molar-refractivity contribution is 0.0940. The Morgan fingerprint density at radius 2 is 1.78 bits per heavy atom. The van der Waals surface area contributed by atoms with Crippen LogP contribution in [0.5, 0.6) is 5.75 Å². The summed E-state index contributed by atoms with van der Waals surface area (Å²) >= 11 is 12.7. The van der Waals surface area contributed by atoms with Crippen LogP contribution in [0, 0.1) is 11.6 Å². The number of carbonyl (C=O) groups excluding carboxylic acids is 1. The molecule has 0 aliphatic heterocycles. The molecule has 0 saturated carbocycles. The van der Waals surface area contributed by atoms with Crippen LogP contribution in [0.15, 0.2) is 65.6 Å². The van der Waals surface area contributed by atoms with E-state index >= 15 is 0 Å². The van der Waals surface area contributed by atoms with Crippen molar-refractivity contribution in [1.82, 2.24) is 5.32 Å². The monoisotopic (exact) mass is 563 g/mol. The highest BCUT2D eigenvalue weighted by atomic mass is 35.5. The minimum absolute atomic E-state index is 0.111. The molecule has 0 bridgehead atoms. The molecular formula is C26H24Cl2NO5PS. The summed E-state index contributed by atoms with van der Waals surface area (Å²) in [5.41, 5.74) is 4.13. The Labute approximate surface area is 222 Å². The normalized spacial score (nSPS) is 12.7. The first kappa shape index (κ1) is 28.0. The molecule has 0 radical (unpaired) electrons. The molecule has 3 rings (SSSR count). The molecule has 2 N–H and O–H groups in total. The molecule has 0 saturated heterocycles. The fourth-order valence-electron chi connectivity index (χ4n) is 3.39. The second-order valence-electron chi connectivity index (χ2n) is 8.06. The summed E-state index contributed by atoms with van der Waals surface area (Å²) in [6.45, 7) is 1.80. The lowest BCUT2D eigenvalue weighted by atomic mass is 10.1. The van der Waals surface area contributed by atoms with Gasteiger partial charge in [-0.3, -0.25) is 4.79 Å². The molecule has 3 aromatic rings. The van der Waals surface area contributed by atoms with Gasteiger partial charge in [0.2, 0.25) is 0 Å². The molecule has 188 valence electrons. The number of hydrogen-bond donors (Lipinski definition) is 2. The number of benzene rings is 3. The maximum absolute atomic E-state index is 12.9. The summed E-state index contributed by atoms with van der Waals surface area (Å²) in [4.78, 5) is 23.5. The van der Waals surface area contributed by atoms with Gasteiger partial charge >= 0.3 is 0 Å². The van der Waals surface area contributed by atoms with E-state index in [1.807, 2.05) is 0 Å². The number of nitrogens with one attached hydrogen (secondary N) is 1. The fraction of sp³-hybridized carbons (Fsp3) is 0.192. The van der Waals surface area contributed by atoms with E-state index < -0.39 is 23.9 Å². The zero-order valence-electron chi connectivity index (χ0n) is 19.7. The van der Waals surface area contributed by atoms with E-state index in [4.69, 9.17) is 27.9 Å². The molecule has 2 unspecified atom stereocenters. The molecule has 10 heteroatoms. The third-order valence-corrected chi connectivity index (χ3v) is 7.92. The highest BCUT2D eigenvalue weighted by Crippen LogP contribution is 2.30. The molecule has 3 aromatic carbocycles. The molecule has 1 amide bonds. The zero-order valence-corrected chi connectivity index (χ0v) is 23.0. The SMILES string of the molecule is COc1cccc(P(O)C#Cc2cc(Cl)c(C(=O)NC(C)Cc3cccc(S(C)(=O)=O)c3)c(Cl)c2)c1. The van der Waals surface area contributed by atoms with Gasteiger partial charge in [0.05, 0.1) is 27.6 Å². The van der Waals surface area contributed by atoms with E-state index in [1.54, 1.807) is 56.5 Å². The summed E-state index contributed by atoms with van der Waals surface area (Å²) in [5.74, 6) is 3.02. The van der Waals surface area contributed by atoms with Gasteiger partial charge in [-0.05, 0) is 61.0 Å². The van der Waals surface area contributed by atoms with Crippen molar-refractivity contribution >= 4 is 52.4 Å². The smallest absolute Gasteiger partial charge is 0.254 e. The largest absolute Gasteiger partial charge is 0.497 e. The van der Waals surface area contributed by atoms with Gasteiger partial charge < -0.3 is 14.9 Å². The second kappa shape index (κ2) is 12.1. The Balaban J connectivity index is 1.72. The number of carbonyl (C=O) groups is 1. The Bertz CT molecular complexity index is 1430. The highest BCUT2D eigenvalue weighted by molar-refractivity contribution is 7.90. The average molecular weight is 564 g/mol. The lowest BCUT2D eigenvalue weighted by Gasteiger charge is -2.16. The molecule has 36 heavy (non-hydrogen) atoms. The maximum Gasteiger partial charge on any atom is 0.254 e. The van der Waals surface area contributed by atoms with Crippen molar-refractivity contribution in [3.8, 4) is 17.3 Å². The van der Waals surface area contributed by atoms with E-state index in [0.717, 1.165) is 11.8 Å². The average Bonchev–Trinajstić information content (AvgIpc) is 2.81. The number of methoxy groups -OCH3 is 1. The first-order valence-electron chi connectivity index (χ1n) is 10.7. The predicted octanol–water partition coefficient (Wildman–Crippen LogP) is 4.79. The molecule has 2 atom stereocenters. The van der Waals surface area contributed by atoms with Crippen LogP contribution in [0.2, 0.25) is 10.0 Å². The van der Waals surface area contributed by atoms with Crippen molar-refractivity contribution in [3.63, 3.8) is 0 Å². The molecule has 0 aliphatic rings. The minimum Gasteiger partial charge on any atom is -0.497 e. The van der Waals surface area contributed by atoms with E-state index in [-0.39, 0.29) is 26.5 Å². The van der Waals surface area contributed by atoms with Crippen molar-refractivity contribution in [2.24, 2.45) is 0 Å². The highest BCUT2D eigenvalue weighted by Gasteiger charge is 2.18. The van der Waals surface area contributed by atoms with Crippen molar-refractivity contribution in [3.05, 3.63) is 87.4 Å². The number of sulfone groups is 1. The molecule has 0 aliphatic carbocycles. The first-order valence-corrected chi connectivity index (χ1v) is 14.7. The van der Waals surface area contributed by atoms with Crippen molar-refractivity contribution in [2.75, 3.05) is 13.4 Å². The van der Waals surface area contributed by atoms with E-state index in [1.165, 1.54) is 18.2 Å². The van der Waals surface area contributed by atoms with Crippen molar-refractivity contribution in [1.29, 1.82) is 0 Å². The minimum atomic E-state index is -3.33. The maximum atomic E-state index is 12.9. The van der Waals surface area contributed by atoms with Crippen LogP contribution in [0.25, 0.3) is 0 Å². The Morgan fingerprint density at radius 3 is 2.42 bits per heavy atom. The van der Waals surface area contributed by atoms with Gasteiger partial charge in [0.15, 0.2) is 9.84 Å². The number of ether oxygens (including phenoxy) is 1. The fourth-order valence-corrected chi connectivity index (χ4v) is 5.58. The van der Waals surface area contributed by atoms with Gasteiger partial charge in [-0.25, -0.2) is 8.42 Å². The summed E-state index contributed by atoms with van der Waals surface area (Å²) < 4.78 is 28.8. The number of rotatable bonds is 7. The van der Waals surface area contributed by atoms with Gasteiger partial charge in [-0.2, -0.15) is 0 Å². The summed E-state index contributed by atoms with van der Waals surface area (Å²) in [5, 5.41) is 3.73. The Kier molecular flexibility index (Phi) is 9.41. The number of amides is 1. The van der Waals surface area contributed by atoms with Crippen LogP contribution < -0.4 is 15.4 Å². The van der Waals surface area contributed by atoms with Gasteiger partial charge in [0.25, 0.3) is 5.91 Å². The lowest BCUT2D eigenvalue weighted by Crippen LogP contribution is -2.34. The summed E-state index contributed by atoms with van der Waals surface area (Å²) in [6.07, 6.45) is 1.56. The quantitative estimate of drug-likeness (QED) is 0.318. The molecule has 0 fully saturated rings. The van der Waals surface area contributed by atoms with E-state index in [9.17, 15) is 18.1 Å². The van der Waals surface area contributed by atoms with Gasteiger partial charge in [0, 0.05) is 23.2 Å². The van der Waals surface area contributed by atoms with E-state index in [2.05, 4.69) is 16.9 Å². The van der Waals surface area contributed by atoms with E-state index in [0.29, 0.717) is 23.0 Å². The van der Waals surface area contributed by atoms with Crippen molar-refractivity contribution in [2.45, 2.75) is 24.3 Å². The van der Waals surface area contributed by atoms with Crippen LogP contribution in [-0.4, -0.2) is 38.6 Å².